The van der Waals surface area contributed by atoms with Crippen LogP contribution in [-0.4, -0.2) is 0 Å². The van der Waals surface area contributed by atoms with Gasteiger partial charge < -0.3 is 0 Å². The van der Waals surface area contributed by atoms with Crippen LogP contribution in [0.3, 0.4) is 0 Å². The average molecular weight is 1590 g/mol. The first-order valence-corrected chi connectivity index (χ1v) is 43.9. The van der Waals surface area contributed by atoms with Gasteiger partial charge in [0, 0.05) is 60.5 Å². The maximum atomic E-state index is 2.40. The molecule has 0 saturated carbocycles. The van der Waals surface area contributed by atoms with Crippen LogP contribution in [0.15, 0.2) is 449 Å². The fourth-order valence-electron chi connectivity index (χ4n) is 19.2. The Labute approximate surface area is 713 Å². The largest absolute Gasteiger partial charge is 0.135 e. The molecule has 25 aromatic rings. The van der Waals surface area contributed by atoms with Gasteiger partial charge in [0.1, 0.15) is 0 Å². The van der Waals surface area contributed by atoms with E-state index in [4.69, 9.17) is 0 Å². The van der Waals surface area contributed by atoms with E-state index >= 15 is 0 Å². The van der Waals surface area contributed by atoms with Crippen molar-refractivity contribution in [3.05, 3.63) is 449 Å². The molecule has 0 fully saturated rings. The number of thiophene rings is 3. The lowest BCUT2D eigenvalue weighted by atomic mass is 9.83. The summed E-state index contributed by atoms with van der Waals surface area (Å²) in [6.07, 6.45) is 0. The fraction of sp³-hybridized carbons (Fsp3) is 0. The summed E-state index contributed by atoms with van der Waals surface area (Å²) in [5.74, 6) is 0. The van der Waals surface area contributed by atoms with Gasteiger partial charge in [-0.05, 0) is 218 Å². The molecule has 0 nitrogen and oxygen atoms in total. The minimum absolute atomic E-state index is 1.24. The third-order valence-electron chi connectivity index (χ3n) is 24.6. The standard InChI is InChI=1S/C42H26S.2C38H24S/c1-2-14-29-27(12-1)13-11-22-30(29)31-15-3-4-17-34(31)42-37-20-7-5-18-35(37)41(36-19-6-8-21-38(36)42)28-24-25-33-32-16-9-10-23-39(32)43-40(33)26-28;1-2-11-25(12-3-1)26-13-10-14-27(23-26)37-31-16-4-6-18-33(31)38(34-19-7-5-17-32(34)37)28-21-22-30-29-15-8-9-20-35(29)39-36(30)24-28;1-2-10-25(11-3-1)26-18-20-27(21-19-26)37-31-13-4-6-15-33(31)38(34-16-7-5-14-32(34)37)28-22-23-30-29-12-8-9-17-35(29)39-36(30)24-28/h1-26H;2*1-24H. The van der Waals surface area contributed by atoms with Crippen molar-refractivity contribution in [2.24, 2.45) is 0 Å². The molecule has 0 aliphatic heterocycles. The lowest BCUT2D eigenvalue weighted by molar-refractivity contribution is 1.61. The SMILES string of the molecule is c1ccc(-c2c3ccccc3c(-c3ccc4c(c3)sc3ccccc34)c3ccccc23)c(-c2cccc3ccccc23)c1.c1ccc(-c2ccc(-c3c4ccccc4c(-c4ccc5c(c4)sc4ccccc45)c4ccccc34)cc2)cc1.c1ccc(-c2cccc(-c3c4ccccc4c(-c4ccc5c(c4)sc4ccccc45)c4ccccc34)c2)cc1. The van der Waals surface area contributed by atoms with Gasteiger partial charge in [-0.15, -0.1) is 34.0 Å². The van der Waals surface area contributed by atoms with Crippen LogP contribution in [0.4, 0.5) is 0 Å². The molecule has 0 bridgehead atoms. The Hall–Kier alpha value is -14.7. The van der Waals surface area contributed by atoms with Gasteiger partial charge in [0.2, 0.25) is 0 Å². The zero-order chi connectivity index (χ0) is 79.9. The van der Waals surface area contributed by atoms with E-state index in [-0.39, 0.29) is 0 Å². The van der Waals surface area contributed by atoms with Crippen molar-refractivity contribution in [1.82, 2.24) is 0 Å². The molecule has 0 saturated heterocycles. The van der Waals surface area contributed by atoms with E-state index in [0.29, 0.717) is 0 Å². The summed E-state index contributed by atoms with van der Waals surface area (Å²) >= 11 is 5.64. The molecule has 0 N–H and O–H groups in total. The third-order valence-corrected chi connectivity index (χ3v) is 28.0. The molecule has 25 rings (SSSR count). The Morgan fingerprint density at radius 3 is 0.736 bits per heavy atom. The first kappa shape index (κ1) is 71.6. The summed E-state index contributed by atoms with van der Waals surface area (Å²) in [5.41, 5.74) is 22.8. The molecule has 0 spiro atoms. The number of rotatable bonds is 9. The highest BCUT2D eigenvalue weighted by Gasteiger charge is 2.24. The lowest BCUT2D eigenvalue weighted by Gasteiger charge is -2.20. The Bertz CT molecular complexity index is 8210. The minimum Gasteiger partial charge on any atom is -0.135 e. The van der Waals surface area contributed by atoms with E-state index in [1.807, 2.05) is 34.0 Å². The second-order valence-corrected chi connectivity index (χ2v) is 34.7. The van der Waals surface area contributed by atoms with Crippen molar-refractivity contribution in [2.75, 3.05) is 0 Å². The van der Waals surface area contributed by atoms with Gasteiger partial charge in [-0.25, -0.2) is 0 Å². The number of fused-ring (bicyclic) bond motifs is 16. The van der Waals surface area contributed by atoms with E-state index in [0.717, 1.165) is 0 Å². The van der Waals surface area contributed by atoms with E-state index in [2.05, 4.69) is 449 Å². The number of hydrogen-bond acceptors (Lipinski definition) is 3. The summed E-state index contributed by atoms with van der Waals surface area (Å²) in [4.78, 5) is 0. The van der Waals surface area contributed by atoms with Crippen LogP contribution in [0.25, 0.3) is 236 Å². The molecule has 564 valence electrons. The summed E-state index contributed by atoms with van der Waals surface area (Å²) in [6, 6.07) is 164. The Morgan fingerprint density at radius 2 is 0.339 bits per heavy atom. The summed E-state index contributed by atoms with van der Waals surface area (Å²) in [6.45, 7) is 0. The molecular weight excluding hydrogens is 1510 g/mol. The van der Waals surface area contributed by atoms with Crippen LogP contribution in [0.5, 0.6) is 0 Å². The van der Waals surface area contributed by atoms with E-state index in [1.54, 1.807) is 0 Å². The highest BCUT2D eigenvalue weighted by molar-refractivity contribution is 7.26. The second-order valence-electron chi connectivity index (χ2n) is 31.4. The van der Waals surface area contributed by atoms with Gasteiger partial charge in [-0.3, -0.25) is 0 Å². The summed E-state index contributed by atoms with van der Waals surface area (Å²) < 4.78 is 8.02. The smallest absolute Gasteiger partial charge is 0.0361 e. The molecule has 0 radical (unpaired) electrons. The molecule has 121 heavy (non-hydrogen) atoms. The number of benzene rings is 22. The van der Waals surface area contributed by atoms with Crippen LogP contribution >= 0.6 is 34.0 Å². The zero-order valence-corrected chi connectivity index (χ0v) is 68.4. The maximum absolute atomic E-state index is 2.40. The maximum Gasteiger partial charge on any atom is 0.0361 e. The van der Waals surface area contributed by atoms with E-state index < -0.39 is 0 Å². The van der Waals surface area contributed by atoms with Crippen molar-refractivity contribution in [3.63, 3.8) is 0 Å². The molecule has 0 aliphatic carbocycles. The van der Waals surface area contributed by atoms with Gasteiger partial charge in [0.25, 0.3) is 0 Å². The Kier molecular flexibility index (Phi) is 18.0. The number of hydrogen-bond donors (Lipinski definition) is 0. The molecular formula is C118H74S3. The summed E-state index contributed by atoms with van der Waals surface area (Å²) in [5, 5.41) is 26.0. The minimum atomic E-state index is 1.24. The van der Waals surface area contributed by atoms with E-state index in [9.17, 15) is 0 Å². The highest BCUT2D eigenvalue weighted by atomic mass is 32.1. The van der Waals surface area contributed by atoms with Gasteiger partial charge in [-0.2, -0.15) is 0 Å². The Morgan fingerprint density at radius 1 is 0.107 bits per heavy atom. The van der Waals surface area contributed by atoms with Crippen LogP contribution in [-0.2, 0) is 0 Å². The third kappa shape index (κ3) is 12.5. The first-order valence-electron chi connectivity index (χ1n) is 41.5. The topological polar surface area (TPSA) is 0 Å². The van der Waals surface area contributed by atoms with Crippen molar-refractivity contribution in [2.45, 2.75) is 0 Å². The monoisotopic (exact) mass is 1590 g/mol. The highest BCUT2D eigenvalue weighted by Crippen LogP contribution is 2.52. The predicted octanol–water partition coefficient (Wildman–Crippen LogP) is 35.2. The van der Waals surface area contributed by atoms with Gasteiger partial charge in [-0.1, -0.05) is 406 Å². The summed E-state index contributed by atoms with van der Waals surface area (Å²) in [7, 11) is 0. The fourth-order valence-corrected chi connectivity index (χ4v) is 22.7. The lowest BCUT2D eigenvalue weighted by Crippen LogP contribution is -1.93. The normalized spacial score (nSPS) is 11.6. The molecule has 3 aromatic heterocycles. The second kappa shape index (κ2) is 30.4. The van der Waals surface area contributed by atoms with Crippen LogP contribution in [0.2, 0.25) is 0 Å². The van der Waals surface area contributed by atoms with Gasteiger partial charge in [0.15, 0.2) is 0 Å². The van der Waals surface area contributed by atoms with Crippen LogP contribution < -0.4 is 0 Å². The van der Waals surface area contributed by atoms with Gasteiger partial charge in [0.05, 0.1) is 0 Å². The van der Waals surface area contributed by atoms with Crippen LogP contribution in [0.1, 0.15) is 0 Å². The first-order chi connectivity index (χ1) is 60.0. The van der Waals surface area contributed by atoms with Gasteiger partial charge >= 0.3 is 0 Å². The van der Waals surface area contributed by atoms with E-state index in [1.165, 1.54) is 236 Å². The molecule has 0 atom stereocenters. The molecule has 3 heterocycles. The Balaban J connectivity index is 0.000000106. The molecule has 0 aliphatic rings. The van der Waals surface area contributed by atoms with Crippen LogP contribution in [0, 0.1) is 0 Å². The quantitative estimate of drug-likeness (QED) is 0.126. The van der Waals surface area contributed by atoms with Crippen molar-refractivity contribution >= 4 is 170 Å². The zero-order valence-electron chi connectivity index (χ0n) is 65.9. The molecule has 0 amide bonds. The molecule has 22 aromatic carbocycles. The molecule has 3 heteroatoms. The van der Waals surface area contributed by atoms with Crippen molar-refractivity contribution in [1.29, 1.82) is 0 Å². The predicted molar refractivity (Wildman–Crippen MR) is 529 cm³/mol. The van der Waals surface area contributed by atoms with Crippen molar-refractivity contribution in [3.8, 4) is 100 Å². The molecule has 0 unspecified atom stereocenters. The van der Waals surface area contributed by atoms with Crippen molar-refractivity contribution < 1.29 is 0 Å². The average Bonchev–Trinajstić information content (AvgIpc) is 0.928.